The Hall–Kier alpha value is -2.41. The second-order valence-corrected chi connectivity index (χ2v) is 6.05. The van der Waals surface area contributed by atoms with E-state index in [1.807, 2.05) is 26.1 Å². The summed E-state index contributed by atoms with van der Waals surface area (Å²) >= 11 is 0. The molecular formula is C17H24N6O. The zero-order chi connectivity index (χ0) is 16.9. The van der Waals surface area contributed by atoms with Crippen LogP contribution < -0.4 is 15.5 Å². The predicted octanol–water partition coefficient (Wildman–Crippen LogP) is 1.69. The molecule has 0 amide bonds. The van der Waals surface area contributed by atoms with Crippen LogP contribution in [0.25, 0.3) is 0 Å². The molecule has 128 valence electrons. The second-order valence-electron chi connectivity index (χ2n) is 6.05. The van der Waals surface area contributed by atoms with E-state index in [1.165, 1.54) is 0 Å². The van der Waals surface area contributed by atoms with E-state index in [9.17, 15) is 5.11 Å². The molecule has 0 spiro atoms. The molecule has 0 aliphatic carbocycles. The van der Waals surface area contributed by atoms with Gasteiger partial charge in [0.25, 0.3) is 0 Å². The molecule has 1 atom stereocenters. The van der Waals surface area contributed by atoms with Crippen molar-refractivity contribution in [2.24, 2.45) is 0 Å². The molecule has 3 heterocycles. The Kier molecular flexibility index (Phi) is 5.10. The Morgan fingerprint density at radius 3 is 3.04 bits per heavy atom. The Balaban J connectivity index is 1.61. The van der Waals surface area contributed by atoms with Gasteiger partial charge in [0.2, 0.25) is 0 Å². The highest BCUT2D eigenvalue weighted by molar-refractivity contribution is 5.49. The number of rotatable bonds is 6. The third kappa shape index (κ3) is 3.73. The van der Waals surface area contributed by atoms with E-state index in [4.69, 9.17) is 0 Å². The van der Waals surface area contributed by atoms with Gasteiger partial charge in [0, 0.05) is 44.5 Å². The summed E-state index contributed by atoms with van der Waals surface area (Å²) in [5, 5.41) is 16.3. The first kappa shape index (κ1) is 16.4. The first-order valence-electron chi connectivity index (χ1n) is 8.30. The van der Waals surface area contributed by atoms with Gasteiger partial charge in [-0.1, -0.05) is 0 Å². The molecule has 3 N–H and O–H groups in total. The van der Waals surface area contributed by atoms with Crippen LogP contribution in [-0.2, 0) is 6.54 Å². The molecule has 0 aromatic carbocycles. The van der Waals surface area contributed by atoms with Crippen LogP contribution in [0.2, 0.25) is 0 Å². The fourth-order valence-corrected chi connectivity index (χ4v) is 3.08. The van der Waals surface area contributed by atoms with Gasteiger partial charge in [-0.05, 0) is 31.9 Å². The molecule has 7 heteroatoms. The van der Waals surface area contributed by atoms with Crippen molar-refractivity contribution >= 4 is 11.6 Å². The van der Waals surface area contributed by atoms with E-state index in [2.05, 4.69) is 30.5 Å². The Morgan fingerprint density at radius 2 is 2.21 bits per heavy atom. The first-order valence-corrected chi connectivity index (χ1v) is 8.30. The van der Waals surface area contributed by atoms with E-state index in [-0.39, 0.29) is 5.75 Å². The lowest BCUT2D eigenvalue weighted by molar-refractivity contribution is 0.456. The highest BCUT2D eigenvalue weighted by Crippen LogP contribution is 2.24. The van der Waals surface area contributed by atoms with Gasteiger partial charge in [0.1, 0.15) is 23.7 Å². The summed E-state index contributed by atoms with van der Waals surface area (Å²) < 4.78 is 0. The average Bonchev–Trinajstić information content (AvgIpc) is 3.06. The maximum absolute atomic E-state index is 9.88. The van der Waals surface area contributed by atoms with Crippen LogP contribution in [0.5, 0.6) is 5.75 Å². The maximum atomic E-state index is 9.88. The van der Waals surface area contributed by atoms with Crippen molar-refractivity contribution in [2.45, 2.75) is 32.4 Å². The minimum absolute atomic E-state index is 0.242. The summed E-state index contributed by atoms with van der Waals surface area (Å²) in [4.78, 5) is 15.3. The van der Waals surface area contributed by atoms with Crippen LogP contribution >= 0.6 is 0 Å². The van der Waals surface area contributed by atoms with E-state index in [0.29, 0.717) is 18.3 Å². The smallest absolute Gasteiger partial charge is 0.138 e. The lowest BCUT2D eigenvalue weighted by atomic mass is 10.2. The standard InChI is InChI=1S/C17H24N6O/c1-12-5-6-15(24)14(22-12)10-19-9-13-4-3-7-23(13)17-8-16(18-2)20-11-21-17/h5-6,8,11,13,19,24H,3-4,7,9-10H2,1-2H3,(H,18,20,21)/t13-/m0/s1. The number of anilines is 2. The van der Waals surface area contributed by atoms with Gasteiger partial charge in [0.15, 0.2) is 0 Å². The number of hydrogen-bond acceptors (Lipinski definition) is 7. The van der Waals surface area contributed by atoms with Crippen molar-refractivity contribution in [3.63, 3.8) is 0 Å². The summed E-state index contributed by atoms with van der Waals surface area (Å²) in [7, 11) is 1.86. The zero-order valence-corrected chi connectivity index (χ0v) is 14.2. The monoisotopic (exact) mass is 328 g/mol. The number of nitrogens with one attached hydrogen (secondary N) is 2. The van der Waals surface area contributed by atoms with Crippen molar-refractivity contribution in [1.29, 1.82) is 0 Å². The topological polar surface area (TPSA) is 86.2 Å². The van der Waals surface area contributed by atoms with Crippen LogP contribution in [-0.4, -0.2) is 46.2 Å². The molecule has 1 aliphatic rings. The second kappa shape index (κ2) is 7.44. The molecular weight excluding hydrogens is 304 g/mol. The fourth-order valence-electron chi connectivity index (χ4n) is 3.08. The van der Waals surface area contributed by atoms with Crippen molar-refractivity contribution in [2.75, 3.05) is 30.4 Å². The zero-order valence-electron chi connectivity index (χ0n) is 14.2. The third-order valence-electron chi connectivity index (χ3n) is 4.34. The van der Waals surface area contributed by atoms with Gasteiger partial charge in [-0.25, -0.2) is 9.97 Å². The first-order chi connectivity index (χ1) is 11.7. The number of aryl methyl sites for hydroxylation is 1. The number of aromatic nitrogens is 3. The van der Waals surface area contributed by atoms with Gasteiger partial charge >= 0.3 is 0 Å². The summed E-state index contributed by atoms with van der Waals surface area (Å²) in [6.45, 7) is 4.31. The van der Waals surface area contributed by atoms with Gasteiger partial charge in [0.05, 0.1) is 5.69 Å². The van der Waals surface area contributed by atoms with Crippen LogP contribution in [0.4, 0.5) is 11.6 Å². The minimum Gasteiger partial charge on any atom is -0.506 e. The van der Waals surface area contributed by atoms with Crippen LogP contribution in [0.15, 0.2) is 24.5 Å². The van der Waals surface area contributed by atoms with Gasteiger partial charge in [-0.3, -0.25) is 4.98 Å². The molecule has 0 bridgehead atoms. The van der Waals surface area contributed by atoms with Gasteiger partial charge in [-0.2, -0.15) is 0 Å². The molecule has 1 aliphatic heterocycles. The lowest BCUT2D eigenvalue weighted by Crippen LogP contribution is -2.38. The summed E-state index contributed by atoms with van der Waals surface area (Å²) in [6.07, 6.45) is 3.87. The van der Waals surface area contributed by atoms with Crippen molar-refractivity contribution in [1.82, 2.24) is 20.3 Å². The quantitative estimate of drug-likeness (QED) is 0.744. The Labute approximate surface area is 142 Å². The number of nitrogens with zero attached hydrogens (tertiary/aromatic N) is 4. The third-order valence-corrected chi connectivity index (χ3v) is 4.34. The molecule has 0 unspecified atom stereocenters. The minimum atomic E-state index is 0.242. The molecule has 1 saturated heterocycles. The van der Waals surface area contributed by atoms with Crippen molar-refractivity contribution in [3.05, 3.63) is 35.9 Å². The molecule has 3 rings (SSSR count). The largest absolute Gasteiger partial charge is 0.506 e. The molecule has 7 nitrogen and oxygen atoms in total. The Bertz CT molecular complexity index is 693. The normalized spacial score (nSPS) is 17.2. The maximum Gasteiger partial charge on any atom is 0.138 e. The molecule has 2 aromatic rings. The summed E-state index contributed by atoms with van der Waals surface area (Å²) in [5.41, 5.74) is 1.60. The Morgan fingerprint density at radius 1 is 1.33 bits per heavy atom. The molecule has 0 saturated carbocycles. The van der Waals surface area contributed by atoms with Crippen LogP contribution in [0.3, 0.4) is 0 Å². The predicted molar refractivity (Wildman–Crippen MR) is 94.3 cm³/mol. The van der Waals surface area contributed by atoms with Gasteiger partial charge < -0.3 is 20.6 Å². The van der Waals surface area contributed by atoms with Crippen LogP contribution in [0, 0.1) is 6.92 Å². The van der Waals surface area contributed by atoms with Gasteiger partial charge in [-0.15, -0.1) is 0 Å². The van der Waals surface area contributed by atoms with Crippen molar-refractivity contribution < 1.29 is 5.11 Å². The molecule has 2 aromatic heterocycles. The fraction of sp³-hybridized carbons (Fsp3) is 0.471. The van der Waals surface area contributed by atoms with Crippen LogP contribution in [0.1, 0.15) is 24.2 Å². The summed E-state index contributed by atoms with van der Waals surface area (Å²) in [5.74, 6) is 2.02. The van der Waals surface area contributed by atoms with E-state index in [1.54, 1.807) is 12.4 Å². The highest BCUT2D eigenvalue weighted by atomic mass is 16.3. The van der Waals surface area contributed by atoms with E-state index < -0.39 is 0 Å². The molecule has 24 heavy (non-hydrogen) atoms. The number of pyridine rings is 1. The average molecular weight is 328 g/mol. The van der Waals surface area contributed by atoms with E-state index in [0.717, 1.165) is 43.3 Å². The number of aromatic hydroxyl groups is 1. The summed E-state index contributed by atoms with van der Waals surface area (Å²) in [6, 6.07) is 5.87. The number of hydrogen-bond donors (Lipinski definition) is 3. The SMILES string of the molecule is CNc1cc(N2CCC[C@H]2CNCc2nc(C)ccc2O)ncn1. The molecule has 0 radical (unpaired) electrons. The van der Waals surface area contributed by atoms with E-state index >= 15 is 0 Å². The molecule has 1 fully saturated rings. The highest BCUT2D eigenvalue weighted by Gasteiger charge is 2.25. The lowest BCUT2D eigenvalue weighted by Gasteiger charge is -2.26. The van der Waals surface area contributed by atoms with Crippen molar-refractivity contribution in [3.8, 4) is 5.75 Å².